The summed E-state index contributed by atoms with van der Waals surface area (Å²) in [7, 11) is 0. The first-order valence-corrected chi connectivity index (χ1v) is 7.08. The summed E-state index contributed by atoms with van der Waals surface area (Å²) in [5.74, 6) is 0.227. The summed E-state index contributed by atoms with van der Waals surface area (Å²) in [5.41, 5.74) is 0.204. The van der Waals surface area contributed by atoms with Crippen LogP contribution in [0.5, 0.6) is 0 Å². The van der Waals surface area contributed by atoms with Gasteiger partial charge in [0.25, 0.3) is 0 Å². The second-order valence-corrected chi connectivity index (χ2v) is 7.60. The van der Waals surface area contributed by atoms with Crippen LogP contribution in [-0.4, -0.2) is 23.7 Å². The van der Waals surface area contributed by atoms with Crippen molar-refractivity contribution in [2.24, 2.45) is 16.7 Å². The molecule has 18 heavy (non-hydrogen) atoms. The molecule has 106 valence electrons. The van der Waals surface area contributed by atoms with Crippen LogP contribution in [0.25, 0.3) is 0 Å². The van der Waals surface area contributed by atoms with Crippen molar-refractivity contribution in [2.45, 2.75) is 66.4 Å². The van der Waals surface area contributed by atoms with Gasteiger partial charge >= 0.3 is 0 Å². The maximum atomic E-state index is 12.1. The predicted octanol–water partition coefficient (Wildman–Crippen LogP) is 2.73. The fraction of sp³-hybridized carbons (Fsp3) is 0.933. The van der Waals surface area contributed by atoms with Gasteiger partial charge in [0, 0.05) is 12.5 Å². The summed E-state index contributed by atoms with van der Waals surface area (Å²) in [6.45, 7) is 11.0. The number of aliphatic hydroxyl groups is 1. The number of hydrogen-bond donors (Lipinski definition) is 2. The maximum absolute atomic E-state index is 12.1. The molecule has 0 spiro atoms. The van der Waals surface area contributed by atoms with Gasteiger partial charge in [0.2, 0.25) is 5.91 Å². The monoisotopic (exact) mass is 255 g/mol. The van der Waals surface area contributed by atoms with Crippen LogP contribution >= 0.6 is 0 Å². The molecule has 2 N–H and O–H groups in total. The number of amides is 1. The van der Waals surface area contributed by atoms with Crippen molar-refractivity contribution in [3.8, 4) is 0 Å². The largest absolute Gasteiger partial charge is 0.391 e. The predicted molar refractivity (Wildman–Crippen MR) is 74.2 cm³/mol. The number of hydrogen-bond acceptors (Lipinski definition) is 2. The minimum Gasteiger partial charge on any atom is -0.391 e. The molecule has 1 amide bonds. The molecule has 2 atom stereocenters. The van der Waals surface area contributed by atoms with Gasteiger partial charge in [-0.05, 0) is 30.1 Å². The molecule has 0 bridgehead atoms. The molecule has 0 heterocycles. The lowest BCUT2D eigenvalue weighted by Crippen LogP contribution is -2.40. The third kappa shape index (κ3) is 4.60. The average Bonchev–Trinajstić information content (AvgIpc) is 2.52. The molecule has 0 aromatic carbocycles. The van der Waals surface area contributed by atoms with Crippen LogP contribution in [0.4, 0.5) is 0 Å². The van der Waals surface area contributed by atoms with E-state index in [9.17, 15) is 9.90 Å². The number of aliphatic hydroxyl groups excluding tert-OH is 1. The van der Waals surface area contributed by atoms with Crippen molar-refractivity contribution < 1.29 is 9.90 Å². The summed E-state index contributed by atoms with van der Waals surface area (Å²) in [5, 5.41) is 12.8. The van der Waals surface area contributed by atoms with Crippen molar-refractivity contribution in [1.29, 1.82) is 0 Å². The van der Waals surface area contributed by atoms with Gasteiger partial charge in [0.05, 0.1) is 6.10 Å². The first-order valence-electron chi connectivity index (χ1n) is 7.08. The van der Waals surface area contributed by atoms with E-state index in [4.69, 9.17) is 0 Å². The highest BCUT2D eigenvalue weighted by atomic mass is 16.3. The van der Waals surface area contributed by atoms with Crippen molar-refractivity contribution in [2.75, 3.05) is 6.54 Å². The molecular weight excluding hydrogens is 226 g/mol. The Morgan fingerprint density at radius 2 is 2.06 bits per heavy atom. The van der Waals surface area contributed by atoms with Crippen LogP contribution < -0.4 is 5.32 Å². The zero-order valence-electron chi connectivity index (χ0n) is 12.5. The molecule has 3 heteroatoms. The molecular formula is C15H29NO2. The lowest BCUT2D eigenvalue weighted by molar-refractivity contribution is -0.128. The van der Waals surface area contributed by atoms with Crippen molar-refractivity contribution in [3.63, 3.8) is 0 Å². The van der Waals surface area contributed by atoms with Gasteiger partial charge in [-0.2, -0.15) is 0 Å². The van der Waals surface area contributed by atoms with Crippen LogP contribution in [0.15, 0.2) is 0 Å². The number of rotatable bonds is 4. The zero-order chi connectivity index (χ0) is 14.0. The Kier molecular flexibility index (Phi) is 4.82. The second kappa shape index (κ2) is 5.60. The third-order valence-corrected chi connectivity index (χ3v) is 3.93. The Balaban J connectivity index is 2.38. The van der Waals surface area contributed by atoms with E-state index in [1.54, 1.807) is 0 Å². The van der Waals surface area contributed by atoms with Gasteiger partial charge in [0.1, 0.15) is 0 Å². The normalized spacial score (nSPS) is 24.9. The number of nitrogens with one attached hydrogen (secondary N) is 1. The smallest absolute Gasteiger partial charge is 0.223 e. The van der Waals surface area contributed by atoms with Gasteiger partial charge < -0.3 is 10.4 Å². The fourth-order valence-electron chi connectivity index (χ4n) is 2.93. The Hall–Kier alpha value is -0.570. The molecule has 3 nitrogen and oxygen atoms in total. The topological polar surface area (TPSA) is 49.3 Å². The van der Waals surface area contributed by atoms with Gasteiger partial charge in [-0.3, -0.25) is 4.79 Å². The average molecular weight is 255 g/mol. The Morgan fingerprint density at radius 3 is 2.50 bits per heavy atom. The minimum absolute atomic E-state index is 0.0940. The molecule has 1 aliphatic carbocycles. The maximum Gasteiger partial charge on any atom is 0.223 e. The Labute approximate surface area is 111 Å². The quantitative estimate of drug-likeness (QED) is 0.811. The van der Waals surface area contributed by atoms with Crippen LogP contribution in [-0.2, 0) is 4.79 Å². The summed E-state index contributed by atoms with van der Waals surface area (Å²) in [4.78, 5) is 12.1. The summed E-state index contributed by atoms with van der Waals surface area (Å²) >= 11 is 0. The van der Waals surface area contributed by atoms with Crippen molar-refractivity contribution >= 4 is 5.91 Å². The molecule has 0 saturated heterocycles. The molecule has 0 aromatic rings. The van der Waals surface area contributed by atoms with Crippen LogP contribution in [0.2, 0.25) is 0 Å². The van der Waals surface area contributed by atoms with Gasteiger partial charge in [-0.15, -0.1) is 0 Å². The van der Waals surface area contributed by atoms with E-state index in [0.29, 0.717) is 13.0 Å². The van der Waals surface area contributed by atoms with Gasteiger partial charge in [-0.1, -0.05) is 41.0 Å². The molecule has 1 rings (SSSR count). The zero-order valence-corrected chi connectivity index (χ0v) is 12.5. The lowest BCUT2D eigenvalue weighted by Gasteiger charge is -2.27. The van der Waals surface area contributed by atoms with E-state index >= 15 is 0 Å². The molecule has 0 aromatic heterocycles. The van der Waals surface area contributed by atoms with Crippen molar-refractivity contribution in [3.05, 3.63) is 0 Å². The number of carbonyl (C=O) groups is 1. The molecule has 0 aliphatic heterocycles. The fourth-order valence-corrected chi connectivity index (χ4v) is 2.93. The summed E-state index contributed by atoms with van der Waals surface area (Å²) in [6, 6.07) is 0. The van der Waals surface area contributed by atoms with E-state index in [2.05, 4.69) is 39.9 Å². The lowest BCUT2D eigenvalue weighted by atomic mass is 9.81. The first kappa shape index (κ1) is 15.5. The van der Waals surface area contributed by atoms with Crippen LogP contribution in [0.3, 0.4) is 0 Å². The Bertz CT molecular complexity index is 291. The molecule has 2 unspecified atom stereocenters. The SMILES string of the molecule is CC(C)(C)CC(O)CNC(=O)C1CCCC1(C)C. The summed E-state index contributed by atoms with van der Waals surface area (Å²) in [6.07, 6.45) is 3.50. The highest BCUT2D eigenvalue weighted by molar-refractivity contribution is 5.79. The highest BCUT2D eigenvalue weighted by Gasteiger charge is 2.39. The van der Waals surface area contributed by atoms with E-state index in [1.807, 2.05) is 0 Å². The van der Waals surface area contributed by atoms with E-state index < -0.39 is 6.10 Å². The Morgan fingerprint density at radius 1 is 1.44 bits per heavy atom. The van der Waals surface area contributed by atoms with E-state index in [1.165, 1.54) is 0 Å². The second-order valence-electron chi connectivity index (χ2n) is 7.60. The van der Waals surface area contributed by atoms with Crippen molar-refractivity contribution in [1.82, 2.24) is 5.32 Å². The molecule has 1 aliphatic rings. The van der Waals surface area contributed by atoms with E-state index in [-0.39, 0.29) is 22.7 Å². The highest BCUT2D eigenvalue weighted by Crippen LogP contribution is 2.42. The van der Waals surface area contributed by atoms with Crippen LogP contribution in [0, 0.1) is 16.7 Å². The number of carbonyl (C=O) groups excluding carboxylic acids is 1. The third-order valence-electron chi connectivity index (χ3n) is 3.93. The van der Waals surface area contributed by atoms with Gasteiger partial charge in [-0.25, -0.2) is 0 Å². The standard InChI is InChI=1S/C15H29NO2/c1-14(2,3)9-11(17)10-16-13(18)12-7-6-8-15(12,4)5/h11-12,17H,6-10H2,1-5H3,(H,16,18). The van der Waals surface area contributed by atoms with E-state index in [0.717, 1.165) is 19.3 Å². The first-order chi connectivity index (χ1) is 8.12. The molecule has 0 radical (unpaired) electrons. The van der Waals surface area contributed by atoms with Gasteiger partial charge in [0.15, 0.2) is 0 Å². The molecule has 1 saturated carbocycles. The van der Waals surface area contributed by atoms with Crippen LogP contribution in [0.1, 0.15) is 60.3 Å². The summed E-state index contributed by atoms with van der Waals surface area (Å²) < 4.78 is 0. The minimum atomic E-state index is -0.446. The molecule has 1 fully saturated rings.